The summed E-state index contributed by atoms with van der Waals surface area (Å²) < 4.78 is 12.3. The average Bonchev–Trinajstić information content (AvgIpc) is 2.58. The molecule has 5 nitrogen and oxygen atoms in total. The number of likely N-dealkylation sites (N-methyl/N-ethyl adjacent to an activating group) is 1. The molecule has 1 saturated heterocycles. The molecule has 0 bridgehead atoms. The Balaban J connectivity index is 2.69. The molecule has 5 heteroatoms. The third kappa shape index (κ3) is 7.10. The summed E-state index contributed by atoms with van der Waals surface area (Å²) in [6, 6.07) is 0.391. The van der Waals surface area contributed by atoms with Gasteiger partial charge in [0.25, 0.3) is 0 Å². The summed E-state index contributed by atoms with van der Waals surface area (Å²) in [6.07, 6.45) is 4.22. The number of nitrogens with zero attached hydrogens (tertiary/aromatic N) is 1. The number of carbonyl (C=O) groups excluding carboxylic acids is 1. The topological polar surface area (TPSA) is 59.0 Å². The maximum Gasteiger partial charge on any atom is 0.163 e. The second-order valence-corrected chi connectivity index (χ2v) is 7.98. The molecule has 6 atom stereocenters. The van der Waals surface area contributed by atoms with E-state index in [1.165, 1.54) is 0 Å². The summed E-state index contributed by atoms with van der Waals surface area (Å²) in [4.78, 5) is 14.6. The van der Waals surface area contributed by atoms with Crippen molar-refractivity contribution >= 4 is 5.78 Å². The Kier molecular flexibility index (Phi) is 10.0. The van der Waals surface area contributed by atoms with E-state index in [0.717, 1.165) is 38.5 Å². The van der Waals surface area contributed by atoms with Crippen molar-refractivity contribution in [1.82, 2.24) is 4.90 Å². The highest BCUT2D eigenvalue weighted by molar-refractivity contribution is 5.96. The fourth-order valence-electron chi connectivity index (χ4n) is 3.66. The van der Waals surface area contributed by atoms with Gasteiger partial charge in [-0.3, -0.25) is 4.79 Å². The molecule has 1 fully saturated rings. The molecule has 0 aliphatic carbocycles. The van der Waals surface area contributed by atoms with E-state index < -0.39 is 0 Å². The maximum absolute atomic E-state index is 12.4. The van der Waals surface area contributed by atoms with Gasteiger partial charge in [0.05, 0.1) is 18.3 Å². The van der Waals surface area contributed by atoms with Gasteiger partial charge < -0.3 is 19.5 Å². The van der Waals surface area contributed by atoms with Crippen molar-refractivity contribution in [3.05, 3.63) is 12.2 Å². The molecule has 0 aromatic rings. The van der Waals surface area contributed by atoms with Crippen molar-refractivity contribution < 1.29 is 19.4 Å². The molecule has 0 saturated carbocycles. The monoisotopic (exact) mass is 369 g/mol. The van der Waals surface area contributed by atoms with Gasteiger partial charge in [0.1, 0.15) is 0 Å². The summed E-state index contributed by atoms with van der Waals surface area (Å²) >= 11 is 0. The van der Waals surface area contributed by atoms with Crippen LogP contribution in [-0.2, 0) is 14.3 Å². The van der Waals surface area contributed by atoms with E-state index in [-0.39, 0.29) is 36.3 Å². The molecule has 0 aromatic heterocycles. The van der Waals surface area contributed by atoms with Crippen molar-refractivity contribution in [2.75, 3.05) is 14.1 Å². The Morgan fingerprint density at radius 1 is 1.35 bits per heavy atom. The summed E-state index contributed by atoms with van der Waals surface area (Å²) in [5, 5.41) is 9.79. The molecule has 0 aromatic carbocycles. The highest BCUT2D eigenvalue weighted by Gasteiger charge is 2.33. The van der Waals surface area contributed by atoms with Crippen LogP contribution in [0.1, 0.15) is 66.2 Å². The van der Waals surface area contributed by atoms with Crippen LogP contribution in [0.25, 0.3) is 0 Å². The van der Waals surface area contributed by atoms with E-state index in [0.29, 0.717) is 11.6 Å². The number of carbonyl (C=O) groups is 1. The van der Waals surface area contributed by atoms with Gasteiger partial charge in [-0.15, -0.1) is 0 Å². The molecule has 1 heterocycles. The lowest BCUT2D eigenvalue weighted by Crippen LogP contribution is -2.47. The molecule has 1 unspecified atom stereocenters. The first-order chi connectivity index (χ1) is 12.2. The van der Waals surface area contributed by atoms with E-state index in [9.17, 15) is 9.90 Å². The van der Waals surface area contributed by atoms with Gasteiger partial charge in [-0.05, 0) is 72.0 Å². The number of Topliss-reactive ketones (excluding diaryl/α,β-unsaturated/α-hetero) is 1. The number of ether oxygens (including phenoxy) is 2. The largest absolute Gasteiger partial charge is 0.393 e. The minimum absolute atomic E-state index is 0.0427. The zero-order valence-electron chi connectivity index (χ0n) is 17.5. The van der Waals surface area contributed by atoms with Crippen LogP contribution in [0, 0.1) is 5.92 Å². The molecule has 0 amide bonds. The van der Waals surface area contributed by atoms with Crippen molar-refractivity contribution in [1.29, 1.82) is 0 Å². The Hall–Kier alpha value is -0.750. The summed E-state index contributed by atoms with van der Waals surface area (Å²) in [7, 11) is 4.14. The normalized spacial score (nSPS) is 27.2. The third-order valence-corrected chi connectivity index (χ3v) is 5.49. The molecule has 1 aliphatic rings. The second-order valence-electron chi connectivity index (χ2n) is 7.98. The van der Waals surface area contributed by atoms with Crippen LogP contribution in [-0.4, -0.2) is 60.5 Å². The highest BCUT2D eigenvalue weighted by Crippen LogP contribution is 2.28. The van der Waals surface area contributed by atoms with Gasteiger partial charge in [-0.2, -0.15) is 0 Å². The minimum Gasteiger partial charge on any atom is -0.393 e. The lowest BCUT2D eigenvalue weighted by atomic mass is 9.91. The molecule has 1 N–H and O–H groups in total. The second kappa shape index (κ2) is 11.2. The van der Waals surface area contributed by atoms with Crippen molar-refractivity contribution in [3.8, 4) is 0 Å². The van der Waals surface area contributed by atoms with Crippen molar-refractivity contribution in [2.45, 2.75) is 96.9 Å². The lowest BCUT2D eigenvalue weighted by Gasteiger charge is -2.39. The van der Waals surface area contributed by atoms with Gasteiger partial charge in [0, 0.05) is 12.0 Å². The molecule has 26 heavy (non-hydrogen) atoms. The number of rotatable bonds is 11. The number of ketones is 1. The van der Waals surface area contributed by atoms with Crippen LogP contribution in [0.2, 0.25) is 0 Å². The Morgan fingerprint density at radius 3 is 2.50 bits per heavy atom. The zero-order chi connectivity index (χ0) is 19.9. The van der Waals surface area contributed by atoms with Crippen LogP contribution in [0.5, 0.6) is 0 Å². The van der Waals surface area contributed by atoms with Crippen molar-refractivity contribution in [3.63, 3.8) is 0 Å². The van der Waals surface area contributed by atoms with Crippen LogP contribution >= 0.6 is 0 Å². The Bertz CT molecular complexity index is 451. The lowest BCUT2D eigenvalue weighted by molar-refractivity contribution is -0.231. The Labute approximate surface area is 159 Å². The summed E-state index contributed by atoms with van der Waals surface area (Å²) in [5.74, 6) is -0.210. The first-order valence-electron chi connectivity index (χ1n) is 10.0. The molecular formula is C21H39NO4. The van der Waals surface area contributed by atoms with Crippen molar-refractivity contribution in [2.24, 2.45) is 5.92 Å². The van der Waals surface area contributed by atoms with E-state index in [1.54, 1.807) is 6.92 Å². The fraction of sp³-hybridized carbons (Fsp3) is 0.857. The first-order valence-corrected chi connectivity index (χ1v) is 10.0. The van der Waals surface area contributed by atoms with E-state index >= 15 is 0 Å². The van der Waals surface area contributed by atoms with Gasteiger partial charge in [0.15, 0.2) is 12.1 Å². The van der Waals surface area contributed by atoms with Gasteiger partial charge in [-0.25, -0.2) is 0 Å². The number of allylic oxidation sites excluding steroid dienone is 1. The molecule has 152 valence electrons. The van der Waals surface area contributed by atoms with E-state index in [4.69, 9.17) is 9.47 Å². The Morgan fingerprint density at radius 2 is 2.00 bits per heavy atom. The highest BCUT2D eigenvalue weighted by atomic mass is 16.7. The number of hydrogen-bond donors (Lipinski definition) is 1. The van der Waals surface area contributed by atoms with Crippen LogP contribution < -0.4 is 0 Å². The number of aliphatic hydroxyl groups excluding tert-OH is 1. The van der Waals surface area contributed by atoms with Crippen LogP contribution in [0.4, 0.5) is 0 Å². The van der Waals surface area contributed by atoms with E-state index in [1.807, 2.05) is 13.8 Å². The zero-order valence-corrected chi connectivity index (χ0v) is 17.5. The predicted molar refractivity (Wildman–Crippen MR) is 105 cm³/mol. The van der Waals surface area contributed by atoms with Crippen LogP contribution in [0.3, 0.4) is 0 Å². The van der Waals surface area contributed by atoms with Gasteiger partial charge in [0.2, 0.25) is 0 Å². The first kappa shape index (κ1) is 23.3. The summed E-state index contributed by atoms with van der Waals surface area (Å²) in [6.45, 7) is 11.5. The quantitative estimate of drug-likeness (QED) is 0.565. The number of hydrogen-bond acceptors (Lipinski definition) is 5. The number of aliphatic hydroxyl groups is 1. The molecule has 0 radical (unpaired) electrons. The SMILES string of the molecule is C=C(C)C(=O)[C@H](C)[C@H](CCC[C@@H](O)CC)O[C@H]1CC[C@H](N(C)C)C(C)O1. The molecule has 0 spiro atoms. The third-order valence-electron chi connectivity index (χ3n) is 5.49. The minimum atomic E-state index is -0.283. The molecule has 1 aliphatic heterocycles. The van der Waals surface area contributed by atoms with E-state index in [2.05, 4.69) is 32.5 Å². The standard InChI is InChI=1S/C21H39NO4/c1-8-17(23)10-9-11-19(15(4)21(24)14(2)3)26-20-13-12-18(22(6)7)16(5)25-20/h15-20,23H,2,8-13H2,1,3-7H3/t15-,16?,17+,18+,19+,20+/m1/s1. The smallest absolute Gasteiger partial charge is 0.163 e. The average molecular weight is 370 g/mol. The summed E-state index contributed by atoms with van der Waals surface area (Å²) in [5.41, 5.74) is 0.560. The molecule has 1 rings (SSSR count). The predicted octanol–water partition coefficient (Wildman–Crippen LogP) is 3.55. The fourth-order valence-corrected chi connectivity index (χ4v) is 3.66. The maximum atomic E-state index is 12.4. The molecular weight excluding hydrogens is 330 g/mol. The van der Waals surface area contributed by atoms with Gasteiger partial charge >= 0.3 is 0 Å². The van der Waals surface area contributed by atoms with Gasteiger partial charge in [-0.1, -0.05) is 20.4 Å². The van der Waals surface area contributed by atoms with Crippen LogP contribution in [0.15, 0.2) is 12.2 Å².